The summed E-state index contributed by atoms with van der Waals surface area (Å²) in [5, 5.41) is 10.1. The van der Waals surface area contributed by atoms with Gasteiger partial charge in [-0.1, -0.05) is 18.2 Å². The number of carbonyl (C=O) groups excluding carboxylic acids is 1. The highest BCUT2D eigenvalue weighted by molar-refractivity contribution is 5.81. The zero-order chi connectivity index (χ0) is 21.9. The fourth-order valence-electron chi connectivity index (χ4n) is 4.88. The number of aromatic nitrogens is 2. The third kappa shape index (κ3) is 4.02. The maximum Gasteiger partial charge on any atom is 0.225 e. The molecule has 3 aromatic rings. The van der Waals surface area contributed by atoms with Crippen molar-refractivity contribution in [2.75, 3.05) is 24.6 Å². The molecule has 0 radical (unpaired) electrons. The molecule has 0 spiro atoms. The van der Waals surface area contributed by atoms with E-state index in [0.29, 0.717) is 38.3 Å². The van der Waals surface area contributed by atoms with Crippen LogP contribution < -0.4 is 4.90 Å². The van der Waals surface area contributed by atoms with Crippen LogP contribution in [0.3, 0.4) is 0 Å². The first-order chi connectivity index (χ1) is 15.7. The molecule has 2 aliphatic rings. The molecule has 2 bridgehead atoms. The lowest BCUT2D eigenvalue weighted by atomic mass is 10.1. The lowest BCUT2D eigenvalue weighted by Crippen LogP contribution is -2.55. The summed E-state index contributed by atoms with van der Waals surface area (Å²) in [4.78, 5) is 26.0. The van der Waals surface area contributed by atoms with E-state index in [1.165, 1.54) is 0 Å². The fraction of sp³-hybridized carbons (Fsp3) is 0.360. The van der Waals surface area contributed by atoms with Crippen molar-refractivity contribution in [3.8, 4) is 6.07 Å². The van der Waals surface area contributed by atoms with Gasteiger partial charge in [-0.25, -0.2) is 4.98 Å². The molecule has 4 heterocycles. The molecule has 162 valence electrons. The van der Waals surface area contributed by atoms with Crippen LogP contribution in [0.1, 0.15) is 30.4 Å². The van der Waals surface area contributed by atoms with Gasteiger partial charge >= 0.3 is 0 Å². The van der Waals surface area contributed by atoms with Gasteiger partial charge in [-0.2, -0.15) is 5.26 Å². The van der Waals surface area contributed by atoms with Crippen molar-refractivity contribution in [2.45, 2.75) is 38.0 Å². The van der Waals surface area contributed by atoms with Crippen LogP contribution in [-0.4, -0.2) is 52.6 Å². The van der Waals surface area contributed by atoms with Crippen molar-refractivity contribution in [1.29, 1.82) is 5.26 Å². The van der Waals surface area contributed by atoms with E-state index in [1.54, 1.807) is 12.4 Å². The average molecular weight is 428 g/mol. The molecule has 2 unspecified atom stereocenters. The largest absolute Gasteiger partial charge is 0.376 e. The van der Waals surface area contributed by atoms with Gasteiger partial charge in [0.05, 0.1) is 30.7 Å². The molecular weight excluding hydrogens is 402 g/mol. The summed E-state index contributed by atoms with van der Waals surface area (Å²) >= 11 is 0. The molecule has 7 nitrogen and oxygen atoms in total. The monoisotopic (exact) mass is 427 g/mol. The number of piperazine rings is 1. The summed E-state index contributed by atoms with van der Waals surface area (Å²) in [5.41, 5.74) is 2.61. The number of nitriles is 1. The number of hydrogen-bond donors (Lipinski definition) is 0. The highest BCUT2D eigenvalue weighted by Gasteiger charge is 2.41. The summed E-state index contributed by atoms with van der Waals surface area (Å²) in [6.07, 6.45) is 5.91. The maximum absolute atomic E-state index is 12.8. The van der Waals surface area contributed by atoms with E-state index in [9.17, 15) is 4.79 Å². The molecule has 7 heteroatoms. The van der Waals surface area contributed by atoms with Crippen molar-refractivity contribution < 1.29 is 9.53 Å². The number of ether oxygens (including phenoxy) is 1. The van der Waals surface area contributed by atoms with E-state index in [0.717, 1.165) is 35.1 Å². The van der Waals surface area contributed by atoms with Crippen LogP contribution in [0, 0.1) is 11.3 Å². The molecule has 5 rings (SSSR count). The zero-order valence-corrected chi connectivity index (χ0v) is 17.9. The van der Waals surface area contributed by atoms with Crippen molar-refractivity contribution >= 4 is 22.6 Å². The number of carbonyl (C=O) groups is 1. The Morgan fingerprint density at radius 1 is 1.09 bits per heavy atom. The van der Waals surface area contributed by atoms with Crippen LogP contribution >= 0.6 is 0 Å². The van der Waals surface area contributed by atoms with Crippen LogP contribution in [0.2, 0.25) is 0 Å². The van der Waals surface area contributed by atoms with E-state index < -0.39 is 0 Å². The first-order valence-electron chi connectivity index (χ1n) is 11.1. The molecule has 32 heavy (non-hydrogen) atoms. The first kappa shape index (κ1) is 20.4. The quantitative estimate of drug-likeness (QED) is 0.562. The van der Waals surface area contributed by atoms with Crippen molar-refractivity contribution in [3.05, 3.63) is 66.0 Å². The molecule has 0 aliphatic carbocycles. The number of fused-ring (bicyclic) bond motifs is 3. The average Bonchev–Trinajstić information content (AvgIpc) is 3.10. The number of likely N-dealkylation sites (tertiary alicyclic amines) is 1. The standard InChI is InChI=1S/C25H25N5O2/c26-13-18-6-9-24(28-14-18)30-20-7-8-21(30)16-29(15-20)25(31)10-12-32-17-19-3-1-5-23-22(19)4-2-11-27-23/h1-6,9,11,14,20-21H,7-8,10,12,15-17H2. The Morgan fingerprint density at radius 2 is 1.94 bits per heavy atom. The van der Waals surface area contributed by atoms with Crippen LogP contribution in [0.5, 0.6) is 0 Å². The molecule has 2 atom stereocenters. The topological polar surface area (TPSA) is 82.4 Å². The van der Waals surface area contributed by atoms with Gasteiger partial charge in [0.2, 0.25) is 5.91 Å². The number of anilines is 1. The van der Waals surface area contributed by atoms with Crippen molar-refractivity contribution in [2.24, 2.45) is 0 Å². The highest BCUT2D eigenvalue weighted by Crippen LogP contribution is 2.34. The maximum atomic E-state index is 12.8. The van der Waals surface area contributed by atoms with Gasteiger partial charge in [-0.05, 0) is 42.7 Å². The third-order valence-corrected chi connectivity index (χ3v) is 6.43. The molecule has 2 saturated heterocycles. The van der Waals surface area contributed by atoms with E-state index >= 15 is 0 Å². The van der Waals surface area contributed by atoms with E-state index in [4.69, 9.17) is 10.00 Å². The second-order valence-electron chi connectivity index (χ2n) is 8.40. The summed E-state index contributed by atoms with van der Waals surface area (Å²) in [5.74, 6) is 1.05. The Labute approximate surface area is 187 Å². The number of nitrogens with zero attached hydrogens (tertiary/aromatic N) is 5. The van der Waals surface area contributed by atoms with Gasteiger partial charge in [0.25, 0.3) is 0 Å². The SMILES string of the molecule is N#Cc1ccc(N2C3CCC2CN(C(=O)CCOCc2cccc4ncccc24)C3)nc1. The van der Waals surface area contributed by atoms with Crippen LogP contribution in [0.4, 0.5) is 5.82 Å². The van der Waals surface area contributed by atoms with Crippen molar-refractivity contribution in [3.63, 3.8) is 0 Å². The minimum atomic E-state index is 0.147. The molecule has 1 aromatic carbocycles. The minimum absolute atomic E-state index is 0.147. The smallest absolute Gasteiger partial charge is 0.225 e. The highest BCUT2D eigenvalue weighted by atomic mass is 16.5. The second-order valence-corrected chi connectivity index (χ2v) is 8.40. The number of benzene rings is 1. The van der Waals surface area contributed by atoms with Crippen LogP contribution in [0.25, 0.3) is 10.9 Å². The summed E-state index contributed by atoms with van der Waals surface area (Å²) in [6, 6.07) is 16.4. The Morgan fingerprint density at radius 3 is 2.69 bits per heavy atom. The number of pyridine rings is 2. The van der Waals surface area contributed by atoms with Crippen molar-refractivity contribution in [1.82, 2.24) is 14.9 Å². The molecule has 2 aromatic heterocycles. The normalized spacial score (nSPS) is 19.8. The number of amides is 1. The number of hydrogen-bond acceptors (Lipinski definition) is 6. The van der Waals surface area contributed by atoms with Crippen LogP contribution in [0.15, 0.2) is 54.9 Å². The Bertz CT molecular complexity index is 1140. The van der Waals surface area contributed by atoms with Gasteiger partial charge in [-0.3, -0.25) is 9.78 Å². The minimum Gasteiger partial charge on any atom is -0.376 e. The molecule has 0 saturated carbocycles. The molecule has 0 N–H and O–H groups in total. The van der Waals surface area contributed by atoms with Gasteiger partial charge in [0, 0.05) is 43.0 Å². The van der Waals surface area contributed by atoms with Gasteiger partial charge in [0.1, 0.15) is 11.9 Å². The Kier molecular flexibility index (Phi) is 5.70. The van der Waals surface area contributed by atoms with Gasteiger partial charge < -0.3 is 14.5 Å². The van der Waals surface area contributed by atoms with E-state index in [2.05, 4.69) is 20.9 Å². The lowest BCUT2D eigenvalue weighted by Gasteiger charge is -2.41. The molecular formula is C25H25N5O2. The Balaban J connectivity index is 1.14. The zero-order valence-electron chi connectivity index (χ0n) is 17.9. The predicted molar refractivity (Wildman–Crippen MR) is 121 cm³/mol. The fourth-order valence-corrected chi connectivity index (χ4v) is 4.88. The third-order valence-electron chi connectivity index (χ3n) is 6.43. The molecule has 2 fully saturated rings. The molecule has 1 amide bonds. The van der Waals surface area contributed by atoms with Gasteiger partial charge in [0.15, 0.2) is 0 Å². The molecule has 2 aliphatic heterocycles. The summed E-state index contributed by atoms with van der Waals surface area (Å²) in [6.45, 7) is 2.31. The van der Waals surface area contributed by atoms with E-state index in [1.807, 2.05) is 47.4 Å². The first-order valence-corrected chi connectivity index (χ1v) is 11.1. The second kappa shape index (κ2) is 8.93. The number of rotatable bonds is 6. The van der Waals surface area contributed by atoms with E-state index in [-0.39, 0.29) is 18.0 Å². The lowest BCUT2D eigenvalue weighted by molar-refractivity contribution is -0.133. The van der Waals surface area contributed by atoms with Crippen LogP contribution in [-0.2, 0) is 16.1 Å². The summed E-state index contributed by atoms with van der Waals surface area (Å²) < 4.78 is 5.85. The summed E-state index contributed by atoms with van der Waals surface area (Å²) in [7, 11) is 0. The predicted octanol–water partition coefficient (Wildman–Crippen LogP) is 3.29. The Hall–Kier alpha value is -3.50. The van der Waals surface area contributed by atoms with Gasteiger partial charge in [-0.15, -0.1) is 0 Å².